The van der Waals surface area contributed by atoms with E-state index in [2.05, 4.69) is 29.5 Å². The fraction of sp³-hybridized carbons (Fsp3) is 0.250. The maximum atomic E-state index is 13.1. The first-order valence-electron chi connectivity index (χ1n) is 9.74. The predicted octanol–water partition coefficient (Wildman–Crippen LogP) is 5.31. The highest BCUT2D eigenvalue weighted by molar-refractivity contribution is 5.97. The SMILES string of the molecule is CC(C)CCNc1ccc(NC(=O)C(c2ccccc2)c2ccccc2)nc1. The summed E-state index contributed by atoms with van der Waals surface area (Å²) in [5.74, 6) is 0.738. The third-order valence-corrected chi connectivity index (χ3v) is 4.59. The van der Waals surface area contributed by atoms with Crippen molar-refractivity contribution in [1.82, 2.24) is 4.98 Å². The highest BCUT2D eigenvalue weighted by Crippen LogP contribution is 2.26. The lowest BCUT2D eigenvalue weighted by Crippen LogP contribution is -2.22. The van der Waals surface area contributed by atoms with Crippen LogP contribution in [0.15, 0.2) is 79.0 Å². The van der Waals surface area contributed by atoms with Crippen LogP contribution in [-0.4, -0.2) is 17.4 Å². The van der Waals surface area contributed by atoms with Gasteiger partial charge in [-0.3, -0.25) is 4.79 Å². The standard InChI is InChI=1S/C24H27N3O/c1-18(2)15-16-25-21-13-14-22(26-17-21)27-24(28)23(19-9-5-3-6-10-19)20-11-7-4-8-12-20/h3-14,17-18,23,25H,15-16H2,1-2H3,(H,26,27,28). The van der Waals surface area contributed by atoms with Gasteiger partial charge in [0.15, 0.2) is 0 Å². The zero-order valence-corrected chi connectivity index (χ0v) is 16.4. The first-order chi connectivity index (χ1) is 13.6. The first kappa shape index (κ1) is 19.6. The van der Waals surface area contributed by atoms with Crippen molar-refractivity contribution in [3.63, 3.8) is 0 Å². The van der Waals surface area contributed by atoms with Crippen molar-refractivity contribution in [2.75, 3.05) is 17.2 Å². The van der Waals surface area contributed by atoms with Crippen LogP contribution in [0.3, 0.4) is 0 Å². The zero-order chi connectivity index (χ0) is 19.8. The smallest absolute Gasteiger partial charge is 0.237 e. The van der Waals surface area contributed by atoms with E-state index in [1.54, 1.807) is 6.20 Å². The molecule has 3 aromatic rings. The lowest BCUT2D eigenvalue weighted by atomic mass is 9.90. The molecule has 0 aliphatic rings. The van der Waals surface area contributed by atoms with Crippen LogP contribution >= 0.6 is 0 Å². The second-order valence-corrected chi connectivity index (χ2v) is 7.29. The van der Waals surface area contributed by atoms with E-state index in [0.717, 1.165) is 29.8 Å². The Balaban J connectivity index is 1.72. The van der Waals surface area contributed by atoms with Gasteiger partial charge in [0.2, 0.25) is 5.91 Å². The molecule has 28 heavy (non-hydrogen) atoms. The zero-order valence-electron chi connectivity index (χ0n) is 16.4. The normalized spacial score (nSPS) is 10.9. The molecule has 0 atom stereocenters. The van der Waals surface area contributed by atoms with Crippen molar-refractivity contribution in [2.24, 2.45) is 5.92 Å². The van der Waals surface area contributed by atoms with Crippen LogP contribution < -0.4 is 10.6 Å². The molecule has 0 spiro atoms. The quantitative estimate of drug-likeness (QED) is 0.562. The van der Waals surface area contributed by atoms with Crippen LogP contribution in [0.2, 0.25) is 0 Å². The van der Waals surface area contributed by atoms with Gasteiger partial charge in [-0.25, -0.2) is 4.98 Å². The Kier molecular flexibility index (Phi) is 6.79. The molecule has 0 aliphatic carbocycles. The summed E-state index contributed by atoms with van der Waals surface area (Å²) in [4.78, 5) is 17.5. The largest absolute Gasteiger partial charge is 0.384 e. The molecule has 0 saturated heterocycles. The molecule has 0 radical (unpaired) electrons. The number of carbonyl (C=O) groups excluding carboxylic acids is 1. The fourth-order valence-corrected chi connectivity index (χ4v) is 3.06. The average Bonchev–Trinajstić information content (AvgIpc) is 2.71. The molecule has 0 bridgehead atoms. The molecule has 0 saturated carbocycles. The Morgan fingerprint density at radius 3 is 2.00 bits per heavy atom. The van der Waals surface area contributed by atoms with Gasteiger partial charge in [0.1, 0.15) is 5.82 Å². The molecule has 4 nitrogen and oxygen atoms in total. The summed E-state index contributed by atoms with van der Waals surface area (Å²) in [5, 5.41) is 6.32. The lowest BCUT2D eigenvalue weighted by Gasteiger charge is -2.17. The van der Waals surface area contributed by atoms with Gasteiger partial charge in [-0.2, -0.15) is 0 Å². The van der Waals surface area contributed by atoms with Crippen molar-refractivity contribution in [3.8, 4) is 0 Å². The van der Waals surface area contributed by atoms with E-state index in [1.807, 2.05) is 72.8 Å². The van der Waals surface area contributed by atoms with E-state index in [9.17, 15) is 4.79 Å². The molecule has 0 fully saturated rings. The molecular weight excluding hydrogens is 346 g/mol. The Morgan fingerprint density at radius 2 is 1.50 bits per heavy atom. The Morgan fingerprint density at radius 1 is 0.893 bits per heavy atom. The molecule has 0 aliphatic heterocycles. The van der Waals surface area contributed by atoms with E-state index >= 15 is 0 Å². The minimum atomic E-state index is -0.381. The van der Waals surface area contributed by atoms with Gasteiger partial charge in [0, 0.05) is 6.54 Å². The van der Waals surface area contributed by atoms with Crippen LogP contribution in [0, 0.1) is 5.92 Å². The third kappa shape index (κ3) is 5.43. The van der Waals surface area contributed by atoms with Crippen molar-refractivity contribution >= 4 is 17.4 Å². The molecule has 2 N–H and O–H groups in total. The summed E-state index contributed by atoms with van der Waals surface area (Å²) in [7, 11) is 0. The molecule has 4 heteroatoms. The van der Waals surface area contributed by atoms with E-state index < -0.39 is 0 Å². The van der Waals surface area contributed by atoms with Crippen LogP contribution in [0.5, 0.6) is 0 Å². The summed E-state index contributed by atoms with van der Waals surface area (Å²) >= 11 is 0. The Bertz CT molecular complexity index is 822. The number of hydrogen-bond donors (Lipinski definition) is 2. The van der Waals surface area contributed by atoms with E-state index in [0.29, 0.717) is 11.7 Å². The molecule has 1 heterocycles. The number of rotatable bonds is 8. The minimum absolute atomic E-state index is 0.0922. The molecule has 144 valence electrons. The highest BCUT2D eigenvalue weighted by Gasteiger charge is 2.22. The average molecular weight is 374 g/mol. The minimum Gasteiger partial charge on any atom is -0.384 e. The van der Waals surface area contributed by atoms with Crippen molar-refractivity contribution in [1.29, 1.82) is 0 Å². The van der Waals surface area contributed by atoms with Crippen molar-refractivity contribution in [2.45, 2.75) is 26.2 Å². The van der Waals surface area contributed by atoms with Crippen molar-refractivity contribution < 1.29 is 4.79 Å². The number of carbonyl (C=O) groups is 1. The first-order valence-corrected chi connectivity index (χ1v) is 9.74. The highest BCUT2D eigenvalue weighted by atomic mass is 16.1. The molecular formula is C24H27N3O. The Labute approximate surface area is 167 Å². The number of hydrogen-bond acceptors (Lipinski definition) is 3. The molecule has 3 rings (SSSR count). The number of aromatic nitrogens is 1. The molecule has 0 unspecified atom stereocenters. The number of nitrogens with one attached hydrogen (secondary N) is 2. The van der Waals surface area contributed by atoms with Crippen molar-refractivity contribution in [3.05, 3.63) is 90.1 Å². The van der Waals surface area contributed by atoms with Gasteiger partial charge in [-0.15, -0.1) is 0 Å². The summed E-state index contributed by atoms with van der Waals surface area (Å²) in [5.41, 5.74) is 2.87. The summed E-state index contributed by atoms with van der Waals surface area (Å²) in [6.45, 7) is 5.32. The number of nitrogens with zero attached hydrogens (tertiary/aromatic N) is 1. The maximum Gasteiger partial charge on any atom is 0.237 e. The van der Waals surface area contributed by atoms with Gasteiger partial charge in [0.25, 0.3) is 0 Å². The second-order valence-electron chi connectivity index (χ2n) is 7.29. The van der Waals surface area contributed by atoms with E-state index in [-0.39, 0.29) is 11.8 Å². The molecule has 2 aromatic carbocycles. The van der Waals surface area contributed by atoms with E-state index in [4.69, 9.17) is 0 Å². The van der Waals surface area contributed by atoms with Crippen LogP contribution in [0.1, 0.15) is 37.3 Å². The third-order valence-electron chi connectivity index (χ3n) is 4.59. The van der Waals surface area contributed by atoms with E-state index in [1.165, 1.54) is 0 Å². The van der Waals surface area contributed by atoms with Gasteiger partial charge in [-0.05, 0) is 35.6 Å². The summed E-state index contributed by atoms with van der Waals surface area (Å²) in [6.07, 6.45) is 2.87. The lowest BCUT2D eigenvalue weighted by molar-refractivity contribution is -0.116. The maximum absolute atomic E-state index is 13.1. The molecule has 1 amide bonds. The topological polar surface area (TPSA) is 54.0 Å². The van der Waals surface area contributed by atoms with Crippen LogP contribution in [0.4, 0.5) is 11.5 Å². The van der Waals surface area contributed by atoms with Gasteiger partial charge in [0.05, 0.1) is 17.8 Å². The second kappa shape index (κ2) is 9.70. The fourth-order valence-electron chi connectivity index (χ4n) is 3.06. The van der Waals surface area contributed by atoms with Crippen LogP contribution in [-0.2, 0) is 4.79 Å². The number of pyridine rings is 1. The number of anilines is 2. The number of amides is 1. The molecule has 1 aromatic heterocycles. The Hall–Kier alpha value is -3.14. The van der Waals surface area contributed by atoms with Gasteiger partial charge in [-0.1, -0.05) is 74.5 Å². The number of benzene rings is 2. The van der Waals surface area contributed by atoms with Crippen LogP contribution in [0.25, 0.3) is 0 Å². The van der Waals surface area contributed by atoms with Gasteiger partial charge < -0.3 is 10.6 Å². The van der Waals surface area contributed by atoms with Gasteiger partial charge >= 0.3 is 0 Å². The summed E-state index contributed by atoms with van der Waals surface area (Å²) < 4.78 is 0. The predicted molar refractivity (Wildman–Crippen MR) is 116 cm³/mol. The monoisotopic (exact) mass is 373 g/mol. The summed E-state index contributed by atoms with van der Waals surface area (Å²) in [6, 6.07) is 23.4.